The van der Waals surface area contributed by atoms with Gasteiger partial charge in [-0.25, -0.2) is 0 Å². The number of aryl methyl sites for hydroxylation is 3. The van der Waals surface area contributed by atoms with Gasteiger partial charge in [0.1, 0.15) is 11.5 Å². The van der Waals surface area contributed by atoms with E-state index in [9.17, 15) is 14.9 Å². The maximum atomic E-state index is 13.7. The summed E-state index contributed by atoms with van der Waals surface area (Å²) in [5, 5.41) is 16.3. The molecule has 0 fully saturated rings. The number of aromatic nitrogens is 2. The van der Waals surface area contributed by atoms with E-state index < -0.39 is 4.92 Å². The molecule has 0 aliphatic rings. The Morgan fingerprint density at radius 2 is 1.94 bits per heavy atom. The van der Waals surface area contributed by atoms with E-state index in [1.54, 1.807) is 62.4 Å². The van der Waals surface area contributed by atoms with Crippen molar-refractivity contribution in [2.24, 2.45) is 7.05 Å². The molecule has 0 unspecified atom stereocenters. The second-order valence-corrected chi connectivity index (χ2v) is 7.52. The molecule has 0 amide bonds. The number of rotatable bonds is 5. The van der Waals surface area contributed by atoms with Crippen LogP contribution in [0.1, 0.15) is 32.6 Å². The molecule has 4 aromatic rings. The largest absolute Gasteiger partial charge is 0.496 e. The maximum Gasteiger partial charge on any atom is 0.315 e. The lowest BCUT2D eigenvalue weighted by Gasteiger charge is -2.10. The zero-order valence-corrected chi connectivity index (χ0v) is 17.8. The van der Waals surface area contributed by atoms with Crippen molar-refractivity contribution in [2.45, 2.75) is 20.8 Å². The van der Waals surface area contributed by atoms with E-state index in [1.165, 1.54) is 0 Å². The first-order valence-electron chi connectivity index (χ1n) is 9.62. The topological polar surface area (TPSA) is 100 Å². The van der Waals surface area contributed by atoms with Gasteiger partial charge in [0.05, 0.1) is 29.4 Å². The molecule has 2 aromatic carbocycles. The number of carbonyl (C=O) groups excluding carboxylic acids is 1. The number of carbonyl (C=O) groups is 1. The van der Waals surface area contributed by atoms with Gasteiger partial charge >= 0.3 is 5.69 Å². The highest BCUT2D eigenvalue weighted by Crippen LogP contribution is 2.40. The minimum absolute atomic E-state index is 0.0722. The van der Waals surface area contributed by atoms with Crippen molar-refractivity contribution < 1.29 is 18.9 Å². The van der Waals surface area contributed by atoms with Crippen molar-refractivity contribution in [3.05, 3.63) is 74.6 Å². The van der Waals surface area contributed by atoms with E-state index in [-0.39, 0.29) is 28.4 Å². The Morgan fingerprint density at radius 3 is 2.55 bits per heavy atom. The highest BCUT2D eigenvalue weighted by Gasteiger charge is 2.30. The average molecular weight is 419 g/mol. The predicted molar refractivity (Wildman–Crippen MR) is 116 cm³/mol. The van der Waals surface area contributed by atoms with E-state index in [0.717, 1.165) is 11.1 Å². The number of hydrogen-bond donors (Lipinski definition) is 0. The Labute approximate surface area is 178 Å². The molecule has 158 valence electrons. The van der Waals surface area contributed by atoms with Crippen molar-refractivity contribution in [1.29, 1.82) is 0 Å². The summed E-state index contributed by atoms with van der Waals surface area (Å²) in [4.78, 5) is 25.0. The second kappa shape index (κ2) is 7.39. The maximum absolute atomic E-state index is 13.7. The molecule has 0 atom stereocenters. The van der Waals surface area contributed by atoms with Crippen LogP contribution in [-0.2, 0) is 7.05 Å². The number of nitrogens with zero attached hydrogens (tertiary/aromatic N) is 3. The minimum Gasteiger partial charge on any atom is -0.496 e. The smallest absolute Gasteiger partial charge is 0.315 e. The summed E-state index contributed by atoms with van der Waals surface area (Å²) in [5.41, 5.74) is 3.45. The third-order valence-corrected chi connectivity index (χ3v) is 5.51. The molecule has 0 saturated heterocycles. The quantitative estimate of drug-likeness (QED) is 0.259. The fourth-order valence-electron chi connectivity index (χ4n) is 3.75. The lowest BCUT2D eigenvalue weighted by atomic mass is 9.95. The number of methoxy groups -OCH3 is 1. The van der Waals surface area contributed by atoms with Gasteiger partial charge in [0.15, 0.2) is 5.78 Å². The van der Waals surface area contributed by atoms with Gasteiger partial charge in [0.2, 0.25) is 5.58 Å². The van der Waals surface area contributed by atoms with Crippen LogP contribution in [0, 0.1) is 30.9 Å². The van der Waals surface area contributed by atoms with E-state index in [0.29, 0.717) is 27.8 Å². The molecule has 2 heterocycles. The number of furan rings is 1. The van der Waals surface area contributed by atoms with Gasteiger partial charge in [0.25, 0.3) is 0 Å². The summed E-state index contributed by atoms with van der Waals surface area (Å²) in [6.45, 7) is 5.46. The molecule has 8 nitrogen and oxygen atoms in total. The first-order valence-corrected chi connectivity index (χ1v) is 9.62. The molecule has 0 saturated carbocycles. The van der Waals surface area contributed by atoms with Crippen molar-refractivity contribution in [1.82, 2.24) is 9.78 Å². The van der Waals surface area contributed by atoms with E-state index in [1.807, 2.05) is 13.8 Å². The van der Waals surface area contributed by atoms with Crippen LogP contribution in [0.3, 0.4) is 0 Å². The number of ether oxygens (including phenoxy) is 1. The Balaban J connectivity index is 2.05. The van der Waals surface area contributed by atoms with Crippen LogP contribution >= 0.6 is 0 Å². The first kappa shape index (κ1) is 20.3. The number of nitro groups is 1. The number of ketones is 1. The van der Waals surface area contributed by atoms with Gasteiger partial charge in [-0.2, -0.15) is 5.10 Å². The standard InChI is InChI=1S/C23H21N3O5/c1-12-6-7-17-19(21(27)15-8-13(2)14(3)18(9-15)30-5)22(16-10-24-25(4)11-16)31-23(17)20(12)26(28)29/h6-11H,1-5H3. The summed E-state index contributed by atoms with van der Waals surface area (Å²) >= 11 is 0. The Morgan fingerprint density at radius 1 is 1.19 bits per heavy atom. The molecule has 0 spiro atoms. The van der Waals surface area contributed by atoms with Gasteiger partial charge in [0, 0.05) is 29.8 Å². The van der Waals surface area contributed by atoms with Crippen LogP contribution in [0.2, 0.25) is 0 Å². The molecular weight excluding hydrogens is 398 g/mol. The second-order valence-electron chi connectivity index (χ2n) is 7.52. The lowest BCUT2D eigenvalue weighted by Crippen LogP contribution is -2.04. The van der Waals surface area contributed by atoms with E-state index >= 15 is 0 Å². The lowest BCUT2D eigenvalue weighted by molar-refractivity contribution is -0.384. The Bertz CT molecular complexity index is 1360. The summed E-state index contributed by atoms with van der Waals surface area (Å²) in [5.74, 6) is 0.539. The molecular formula is C23H21N3O5. The van der Waals surface area contributed by atoms with Crippen LogP contribution in [0.25, 0.3) is 22.3 Å². The van der Waals surface area contributed by atoms with Crippen molar-refractivity contribution in [3.63, 3.8) is 0 Å². The number of fused-ring (bicyclic) bond motifs is 1. The van der Waals surface area contributed by atoms with Crippen LogP contribution in [-0.4, -0.2) is 27.6 Å². The van der Waals surface area contributed by atoms with Gasteiger partial charge in [-0.1, -0.05) is 6.07 Å². The third kappa shape index (κ3) is 3.26. The highest BCUT2D eigenvalue weighted by atomic mass is 16.6. The van der Waals surface area contributed by atoms with Crippen molar-refractivity contribution in [2.75, 3.05) is 7.11 Å². The van der Waals surface area contributed by atoms with Crippen LogP contribution in [0.5, 0.6) is 5.75 Å². The zero-order chi connectivity index (χ0) is 22.4. The van der Waals surface area contributed by atoms with Crippen molar-refractivity contribution in [3.8, 4) is 17.1 Å². The highest BCUT2D eigenvalue weighted by molar-refractivity contribution is 6.20. The number of benzene rings is 2. The molecule has 0 aliphatic carbocycles. The van der Waals surface area contributed by atoms with Gasteiger partial charge in [-0.05, 0) is 50.1 Å². The summed E-state index contributed by atoms with van der Waals surface area (Å²) < 4.78 is 13.0. The van der Waals surface area contributed by atoms with Crippen LogP contribution in [0.15, 0.2) is 41.1 Å². The molecule has 0 bridgehead atoms. The molecule has 2 aromatic heterocycles. The monoisotopic (exact) mass is 419 g/mol. The van der Waals surface area contributed by atoms with Crippen LogP contribution in [0.4, 0.5) is 5.69 Å². The van der Waals surface area contributed by atoms with E-state index in [4.69, 9.17) is 9.15 Å². The fourth-order valence-corrected chi connectivity index (χ4v) is 3.75. The van der Waals surface area contributed by atoms with Crippen LogP contribution < -0.4 is 4.74 Å². The van der Waals surface area contributed by atoms with Gasteiger partial charge in [-0.3, -0.25) is 19.6 Å². The first-order chi connectivity index (χ1) is 14.7. The minimum atomic E-state index is -0.485. The summed E-state index contributed by atoms with van der Waals surface area (Å²) in [6, 6.07) is 6.78. The number of nitro benzene ring substituents is 1. The Hall–Kier alpha value is -3.94. The van der Waals surface area contributed by atoms with Gasteiger partial charge in [-0.15, -0.1) is 0 Å². The van der Waals surface area contributed by atoms with Crippen molar-refractivity contribution >= 4 is 22.4 Å². The Kier molecular flexibility index (Phi) is 4.85. The van der Waals surface area contributed by atoms with E-state index in [2.05, 4.69) is 5.10 Å². The number of hydrogen-bond acceptors (Lipinski definition) is 6. The van der Waals surface area contributed by atoms with Gasteiger partial charge < -0.3 is 9.15 Å². The summed E-state index contributed by atoms with van der Waals surface area (Å²) in [7, 11) is 3.30. The third-order valence-electron chi connectivity index (χ3n) is 5.51. The SMILES string of the molecule is COc1cc(C(=O)c2c(-c3cnn(C)c3)oc3c([N+](=O)[O-])c(C)ccc23)cc(C)c1C. The summed E-state index contributed by atoms with van der Waals surface area (Å²) in [6.07, 6.45) is 3.27. The molecule has 0 N–H and O–H groups in total. The molecule has 0 aliphatic heterocycles. The molecule has 0 radical (unpaired) electrons. The predicted octanol–water partition coefficient (Wildman–Crippen LogP) is 4.91. The molecule has 4 rings (SSSR count). The normalized spacial score (nSPS) is 11.1. The fraction of sp³-hybridized carbons (Fsp3) is 0.217. The zero-order valence-electron chi connectivity index (χ0n) is 17.8. The average Bonchev–Trinajstić information content (AvgIpc) is 3.32. The molecule has 8 heteroatoms. The molecule has 31 heavy (non-hydrogen) atoms.